The second kappa shape index (κ2) is 11.8. The lowest BCUT2D eigenvalue weighted by Crippen LogP contribution is -2.41. The lowest BCUT2D eigenvalue weighted by Gasteiger charge is -2.32. The standard InChI is InChI=1S/C26H28Cl2F5N7O/c27-19-12(11-34)9-17(30)20(28)21(19)37-25-36-18-10-16(23(38-22(18)39-25)40-7-5-14(29)6-8-40)24(41)35-15-3-1-13(2-4-15)26(31,32)33/h9-10,13-15H,1-8,11,34H2,(H,35,41)(H2,36,37,38,39)/t13-,15-. The first-order valence-corrected chi connectivity index (χ1v) is 14.0. The van der Waals surface area contributed by atoms with Crippen molar-refractivity contribution in [2.75, 3.05) is 23.3 Å². The normalized spacial score (nSPS) is 20.4. The molecule has 15 heteroatoms. The van der Waals surface area contributed by atoms with E-state index < -0.39 is 36.0 Å². The molecule has 1 saturated heterocycles. The maximum absolute atomic E-state index is 14.4. The van der Waals surface area contributed by atoms with Crippen LogP contribution in [0.3, 0.4) is 0 Å². The average Bonchev–Trinajstić information content (AvgIpc) is 3.34. The number of imidazole rings is 1. The maximum atomic E-state index is 14.4. The van der Waals surface area contributed by atoms with Crippen molar-refractivity contribution in [3.8, 4) is 0 Å². The molecule has 1 aliphatic heterocycles. The molecule has 1 aromatic carbocycles. The fourth-order valence-electron chi connectivity index (χ4n) is 5.32. The number of H-pyrrole nitrogens is 1. The van der Waals surface area contributed by atoms with Crippen molar-refractivity contribution in [1.29, 1.82) is 0 Å². The number of anilines is 3. The monoisotopic (exact) mass is 619 g/mol. The molecule has 2 aromatic heterocycles. The summed E-state index contributed by atoms with van der Waals surface area (Å²) in [5.41, 5.74) is 6.76. The molecule has 0 spiro atoms. The van der Waals surface area contributed by atoms with Crippen LogP contribution in [-0.4, -0.2) is 52.3 Å². The summed E-state index contributed by atoms with van der Waals surface area (Å²) in [4.78, 5) is 27.2. The van der Waals surface area contributed by atoms with Crippen molar-refractivity contribution >= 4 is 57.7 Å². The number of piperidine rings is 1. The van der Waals surface area contributed by atoms with Gasteiger partial charge < -0.3 is 26.3 Å². The van der Waals surface area contributed by atoms with Gasteiger partial charge in [0.15, 0.2) is 5.65 Å². The molecule has 3 aromatic rings. The predicted octanol–water partition coefficient (Wildman–Crippen LogP) is 6.40. The Kier molecular flexibility index (Phi) is 8.49. The Hall–Kier alpha value is -2.90. The number of amides is 1. The Labute approximate surface area is 242 Å². The highest BCUT2D eigenvalue weighted by molar-refractivity contribution is 6.39. The molecule has 1 saturated carbocycles. The van der Waals surface area contributed by atoms with Gasteiger partial charge in [-0.25, -0.2) is 18.7 Å². The van der Waals surface area contributed by atoms with E-state index in [2.05, 4.69) is 25.6 Å². The summed E-state index contributed by atoms with van der Waals surface area (Å²) in [5, 5.41) is 5.56. The second-order valence-corrected chi connectivity index (χ2v) is 11.1. The highest BCUT2D eigenvalue weighted by atomic mass is 35.5. The zero-order chi connectivity index (χ0) is 29.5. The van der Waals surface area contributed by atoms with Crippen LogP contribution in [0.15, 0.2) is 12.1 Å². The summed E-state index contributed by atoms with van der Waals surface area (Å²) >= 11 is 12.5. The molecule has 41 heavy (non-hydrogen) atoms. The number of nitrogens with one attached hydrogen (secondary N) is 3. The Morgan fingerprint density at radius 2 is 1.76 bits per heavy atom. The SMILES string of the molecule is NCc1cc(F)c(Cl)c(Nc2nc3cc(C(=O)N[C@H]4CC[C@H](C(F)(F)F)CC4)c(N4CCC(F)CC4)nc3[nH]2)c1Cl. The predicted molar refractivity (Wildman–Crippen MR) is 147 cm³/mol. The number of benzene rings is 1. The quantitative estimate of drug-likeness (QED) is 0.188. The molecule has 1 aliphatic carbocycles. The van der Waals surface area contributed by atoms with E-state index in [1.54, 1.807) is 4.90 Å². The fourth-order valence-corrected chi connectivity index (χ4v) is 5.84. The van der Waals surface area contributed by atoms with E-state index in [1.165, 1.54) is 6.07 Å². The first-order valence-electron chi connectivity index (χ1n) is 13.3. The summed E-state index contributed by atoms with van der Waals surface area (Å²) in [5.74, 6) is -2.19. The minimum atomic E-state index is -4.25. The van der Waals surface area contributed by atoms with Gasteiger partial charge in [-0.1, -0.05) is 23.2 Å². The van der Waals surface area contributed by atoms with Crippen molar-refractivity contribution < 1.29 is 26.7 Å². The molecule has 0 atom stereocenters. The maximum Gasteiger partial charge on any atom is 0.391 e. The zero-order valence-corrected chi connectivity index (χ0v) is 23.2. The van der Waals surface area contributed by atoms with Gasteiger partial charge in [0.05, 0.1) is 22.2 Å². The number of pyridine rings is 1. The van der Waals surface area contributed by atoms with E-state index in [9.17, 15) is 26.7 Å². The first kappa shape index (κ1) is 29.6. The molecule has 0 unspecified atom stereocenters. The number of fused-ring (bicyclic) bond motifs is 1. The third kappa shape index (κ3) is 6.31. The molecule has 5 rings (SSSR count). The van der Waals surface area contributed by atoms with Gasteiger partial charge in [0.25, 0.3) is 5.91 Å². The first-order chi connectivity index (χ1) is 19.4. The van der Waals surface area contributed by atoms with Crippen LogP contribution in [-0.2, 0) is 6.54 Å². The highest BCUT2D eigenvalue weighted by Gasteiger charge is 2.41. The van der Waals surface area contributed by atoms with Crippen LogP contribution in [0.25, 0.3) is 11.2 Å². The van der Waals surface area contributed by atoms with E-state index in [1.807, 2.05) is 0 Å². The Morgan fingerprint density at radius 1 is 1.07 bits per heavy atom. The van der Waals surface area contributed by atoms with E-state index in [-0.39, 0.29) is 83.5 Å². The summed E-state index contributed by atoms with van der Waals surface area (Å²) in [6.07, 6.45) is -4.41. The third-order valence-electron chi connectivity index (χ3n) is 7.64. The van der Waals surface area contributed by atoms with Gasteiger partial charge in [-0.15, -0.1) is 0 Å². The van der Waals surface area contributed by atoms with E-state index >= 15 is 0 Å². The zero-order valence-electron chi connectivity index (χ0n) is 21.7. The van der Waals surface area contributed by atoms with E-state index in [4.69, 9.17) is 28.9 Å². The van der Waals surface area contributed by atoms with Gasteiger partial charge >= 0.3 is 6.18 Å². The fraction of sp³-hybridized carbons (Fsp3) is 0.500. The molecule has 0 bridgehead atoms. The summed E-state index contributed by atoms with van der Waals surface area (Å²) < 4.78 is 67.5. The van der Waals surface area contributed by atoms with Crippen LogP contribution in [0.5, 0.6) is 0 Å². The lowest BCUT2D eigenvalue weighted by molar-refractivity contribution is -0.182. The van der Waals surface area contributed by atoms with Gasteiger partial charge in [0, 0.05) is 25.7 Å². The summed E-state index contributed by atoms with van der Waals surface area (Å²) in [6.45, 7) is 0.622. The van der Waals surface area contributed by atoms with Crippen molar-refractivity contribution in [1.82, 2.24) is 20.3 Å². The number of carbonyl (C=O) groups is 1. The molecular formula is C26H28Cl2F5N7O. The smallest absolute Gasteiger partial charge is 0.356 e. The molecular weight excluding hydrogens is 592 g/mol. The van der Waals surface area contributed by atoms with E-state index in [0.717, 1.165) is 6.07 Å². The number of aromatic nitrogens is 3. The van der Waals surface area contributed by atoms with Crippen LogP contribution < -0.4 is 21.3 Å². The average molecular weight is 620 g/mol. The van der Waals surface area contributed by atoms with Crippen LogP contribution >= 0.6 is 23.2 Å². The van der Waals surface area contributed by atoms with Gasteiger partial charge in [-0.05, 0) is 56.2 Å². The number of aromatic amines is 1. The number of carbonyl (C=O) groups excluding carboxylic acids is 1. The van der Waals surface area contributed by atoms with Gasteiger partial charge in [-0.3, -0.25) is 4.79 Å². The van der Waals surface area contributed by atoms with Crippen LogP contribution in [0.1, 0.15) is 54.4 Å². The molecule has 2 fully saturated rings. The van der Waals surface area contributed by atoms with Crippen LogP contribution in [0.4, 0.5) is 39.4 Å². The van der Waals surface area contributed by atoms with Crippen molar-refractivity contribution in [2.45, 2.75) is 63.5 Å². The van der Waals surface area contributed by atoms with E-state index in [0.29, 0.717) is 24.5 Å². The number of nitrogens with zero attached hydrogens (tertiary/aromatic N) is 3. The molecule has 2 aliphatic rings. The second-order valence-electron chi connectivity index (χ2n) is 10.4. The molecule has 3 heterocycles. The summed E-state index contributed by atoms with van der Waals surface area (Å²) in [6, 6.07) is 2.23. The third-order valence-corrected chi connectivity index (χ3v) is 8.44. The topological polar surface area (TPSA) is 112 Å². The Morgan fingerprint density at radius 3 is 2.39 bits per heavy atom. The molecule has 5 N–H and O–H groups in total. The van der Waals surface area contributed by atoms with Gasteiger partial charge in [0.2, 0.25) is 5.95 Å². The number of halogens is 7. The van der Waals surface area contributed by atoms with Crippen molar-refractivity contribution in [3.63, 3.8) is 0 Å². The largest absolute Gasteiger partial charge is 0.391 e. The van der Waals surface area contributed by atoms with Crippen LogP contribution in [0.2, 0.25) is 10.0 Å². The molecule has 8 nitrogen and oxygen atoms in total. The van der Waals surface area contributed by atoms with Crippen LogP contribution in [0, 0.1) is 11.7 Å². The number of alkyl halides is 4. The van der Waals surface area contributed by atoms with Crippen molar-refractivity contribution in [3.05, 3.63) is 39.1 Å². The Balaban J connectivity index is 1.45. The minimum Gasteiger partial charge on any atom is -0.356 e. The summed E-state index contributed by atoms with van der Waals surface area (Å²) in [7, 11) is 0. The van der Waals surface area contributed by atoms with Crippen molar-refractivity contribution in [2.24, 2.45) is 11.7 Å². The highest BCUT2D eigenvalue weighted by Crippen LogP contribution is 2.39. The lowest BCUT2D eigenvalue weighted by atomic mass is 9.85. The number of nitrogens with two attached hydrogens (primary N) is 1. The number of rotatable bonds is 6. The molecule has 0 radical (unpaired) electrons. The molecule has 1 amide bonds. The number of hydrogen-bond acceptors (Lipinski definition) is 6. The number of hydrogen-bond donors (Lipinski definition) is 4. The molecule has 222 valence electrons. The van der Waals surface area contributed by atoms with Gasteiger partial charge in [0.1, 0.15) is 28.3 Å². The van der Waals surface area contributed by atoms with Gasteiger partial charge in [-0.2, -0.15) is 13.2 Å². The Bertz CT molecular complexity index is 1430. The minimum absolute atomic E-state index is 0.0292.